The SMILES string of the molecule is CC(C)OCC(C)(C)C#N. The van der Waals surface area contributed by atoms with E-state index in [4.69, 9.17) is 10.00 Å². The molecule has 0 atom stereocenters. The van der Waals surface area contributed by atoms with Gasteiger partial charge in [0, 0.05) is 0 Å². The third-order valence-corrected chi connectivity index (χ3v) is 1.08. The monoisotopic (exact) mass is 141 g/mol. The van der Waals surface area contributed by atoms with Crippen LogP contribution in [0.15, 0.2) is 0 Å². The number of nitrogens with zero attached hydrogens (tertiary/aromatic N) is 1. The lowest BCUT2D eigenvalue weighted by Gasteiger charge is -2.16. The highest BCUT2D eigenvalue weighted by Crippen LogP contribution is 2.13. The smallest absolute Gasteiger partial charge is 0.0751 e. The van der Waals surface area contributed by atoms with Gasteiger partial charge in [-0.15, -0.1) is 0 Å². The van der Waals surface area contributed by atoms with Gasteiger partial charge in [-0.05, 0) is 27.7 Å². The molecule has 0 spiro atoms. The van der Waals surface area contributed by atoms with Gasteiger partial charge in [-0.25, -0.2) is 0 Å². The van der Waals surface area contributed by atoms with Crippen molar-refractivity contribution in [3.63, 3.8) is 0 Å². The first-order chi connectivity index (χ1) is 4.48. The fourth-order valence-electron chi connectivity index (χ4n) is 0.407. The second-order valence-corrected chi connectivity index (χ2v) is 3.36. The van der Waals surface area contributed by atoms with Gasteiger partial charge in [-0.1, -0.05) is 0 Å². The molecule has 0 radical (unpaired) electrons. The maximum absolute atomic E-state index is 8.58. The van der Waals surface area contributed by atoms with Crippen molar-refractivity contribution in [1.82, 2.24) is 0 Å². The minimum absolute atomic E-state index is 0.215. The van der Waals surface area contributed by atoms with Crippen molar-refractivity contribution < 1.29 is 4.74 Å². The molecule has 0 N–H and O–H groups in total. The third-order valence-electron chi connectivity index (χ3n) is 1.08. The lowest BCUT2D eigenvalue weighted by Crippen LogP contribution is -2.19. The molecular formula is C8H15NO. The molecule has 0 aromatic carbocycles. The fraction of sp³-hybridized carbons (Fsp3) is 0.875. The van der Waals surface area contributed by atoms with Gasteiger partial charge in [-0.2, -0.15) is 5.26 Å². The van der Waals surface area contributed by atoms with E-state index in [1.165, 1.54) is 0 Å². The molecule has 0 heterocycles. The highest BCUT2D eigenvalue weighted by Gasteiger charge is 2.16. The van der Waals surface area contributed by atoms with Crippen LogP contribution in [0.2, 0.25) is 0 Å². The summed E-state index contributed by atoms with van der Waals surface area (Å²) in [5.41, 5.74) is -0.343. The molecule has 0 amide bonds. The maximum atomic E-state index is 8.58. The van der Waals surface area contributed by atoms with E-state index in [0.29, 0.717) is 6.61 Å². The van der Waals surface area contributed by atoms with Crippen LogP contribution in [0.4, 0.5) is 0 Å². The number of ether oxygens (including phenoxy) is 1. The molecule has 0 aliphatic carbocycles. The van der Waals surface area contributed by atoms with Gasteiger partial charge in [0.2, 0.25) is 0 Å². The quantitative estimate of drug-likeness (QED) is 0.602. The predicted octanol–water partition coefficient (Wildman–Crippen LogP) is 1.96. The second-order valence-electron chi connectivity index (χ2n) is 3.36. The molecular weight excluding hydrogens is 126 g/mol. The summed E-state index contributed by atoms with van der Waals surface area (Å²) in [5, 5.41) is 8.58. The summed E-state index contributed by atoms with van der Waals surface area (Å²) in [6.45, 7) is 8.19. The van der Waals surface area contributed by atoms with Gasteiger partial charge in [0.25, 0.3) is 0 Å². The van der Waals surface area contributed by atoms with Crippen LogP contribution in [-0.4, -0.2) is 12.7 Å². The molecule has 0 saturated carbocycles. The van der Waals surface area contributed by atoms with E-state index in [9.17, 15) is 0 Å². The summed E-state index contributed by atoms with van der Waals surface area (Å²) in [6, 6.07) is 2.17. The van der Waals surface area contributed by atoms with Crippen LogP contribution in [0.5, 0.6) is 0 Å². The normalized spacial score (nSPS) is 11.6. The first-order valence-electron chi connectivity index (χ1n) is 3.51. The predicted molar refractivity (Wildman–Crippen MR) is 40.5 cm³/mol. The summed E-state index contributed by atoms with van der Waals surface area (Å²) < 4.78 is 5.28. The summed E-state index contributed by atoms with van der Waals surface area (Å²) in [4.78, 5) is 0. The highest BCUT2D eigenvalue weighted by atomic mass is 16.5. The molecule has 0 aliphatic rings. The average molecular weight is 141 g/mol. The molecule has 0 fully saturated rings. The number of hydrogen-bond donors (Lipinski definition) is 0. The van der Waals surface area contributed by atoms with Crippen molar-refractivity contribution in [2.75, 3.05) is 6.61 Å². The zero-order valence-corrected chi connectivity index (χ0v) is 7.14. The van der Waals surface area contributed by atoms with Gasteiger partial charge in [-0.3, -0.25) is 0 Å². The van der Waals surface area contributed by atoms with E-state index >= 15 is 0 Å². The first-order valence-corrected chi connectivity index (χ1v) is 3.51. The first kappa shape index (κ1) is 9.45. The molecule has 0 bridgehead atoms. The Bertz CT molecular complexity index is 133. The van der Waals surface area contributed by atoms with Gasteiger partial charge in [0.15, 0.2) is 0 Å². The van der Waals surface area contributed by atoms with Crippen LogP contribution in [0.1, 0.15) is 27.7 Å². The second kappa shape index (κ2) is 3.58. The molecule has 58 valence electrons. The zero-order chi connectivity index (χ0) is 8.20. The van der Waals surface area contributed by atoms with Crippen LogP contribution >= 0.6 is 0 Å². The number of nitriles is 1. The number of rotatable bonds is 3. The van der Waals surface area contributed by atoms with Gasteiger partial charge in [0.1, 0.15) is 0 Å². The molecule has 2 heteroatoms. The van der Waals surface area contributed by atoms with Crippen LogP contribution in [0.3, 0.4) is 0 Å². The molecule has 0 aromatic heterocycles. The van der Waals surface area contributed by atoms with Crippen molar-refractivity contribution in [2.45, 2.75) is 33.8 Å². The lowest BCUT2D eigenvalue weighted by atomic mass is 9.98. The van der Waals surface area contributed by atoms with Gasteiger partial charge < -0.3 is 4.74 Å². The Morgan fingerprint density at radius 3 is 2.30 bits per heavy atom. The van der Waals surface area contributed by atoms with Crippen LogP contribution in [0.25, 0.3) is 0 Å². The Hall–Kier alpha value is -0.550. The standard InChI is InChI=1S/C8H15NO/c1-7(2)10-6-8(3,4)5-9/h7H,6H2,1-4H3. The molecule has 0 aliphatic heterocycles. The van der Waals surface area contributed by atoms with E-state index in [2.05, 4.69) is 6.07 Å². The minimum Gasteiger partial charge on any atom is -0.377 e. The molecule has 2 nitrogen and oxygen atoms in total. The molecule has 0 saturated heterocycles. The van der Waals surface area contributed by atoms with E-state index in [1.54, 1.807) is 0 Å². The van der Waals surface area contributed by atoms with Crippen molar-refractivity contribution >= 4 is 0 Å². The Kier molecular flexibility index (Phi) is 3.38. The maximum Gasteiger partial charge on any atom is 0.0751 e. The molecule has 10 heavy (non-hydrogen) atoms. The Balaban J connectivity index is 3.60. The summed E-state index contributed by atoms with van der Waals surface area (Å²) >= 11 is 0. The van der Waals surface area contributed by atoms with E-state index in [-0.39, 0.29) is 11.5 Å². The third kappa shape index (κ3) is 4.34. The number of hydrogen-bond acceptors (Lipinski definition) is 2. The van der Waals surface area contributed by atoms with Gasteiger partial charge >= 0.3 is 0 Å². The molecule has 0 aromatic rings. The lowest BCUT2D eigenvalue weighted by molar-refractivity contribution is 0.0405. The summed E-state index contributed by atoms with van der Waals surface area (Å²) in [7, 11) is 0. The van der Waals surface area contributed by atoms with Crippen molar-refractivity contribution in [2.24, 2.45) is 5.41 Å². The zero-order valence-electron chi connectivity index (χ0n) is 7.14. The summed E-state index contributed by atoms with van der Waals surface area (Å²) in [6.07, 6.45) is 0.215. The Morgan fingerprint density at radius 1 is 1.50 bits per heavy atom. The van der Waals surface area contributed by atoms with Crippen LogP contribution in [0, 0.1) is 16.7 Å². The van der Waals surface area contributed by atoms with Crippen molar-refractivity contribution in [3.05, 3.63) is 0 Å². The molecule has 0 rings (SSSR count). The Labute approximate surface area is 62.8 Å². The minimum atomic E-state index is -0.343. The van der Waals surface area contributed by atoms with Crippen LogP contribution in [-0.2, 0) is 4.74 Å². The molecule has 0 unspecified atom stereocenters. The largest absolute Gasteiger partial charge is 0.377 e. The van der Waals surface area contributed by atoms with E-state index in [0.717, 1.165) is 0 Å². The van der Waals surface area contributed by atoms with Crippen LogP contribution < -0.4 is 0 Å². The average Bonchev–Trinajstić information content (AvgIpc) is 1.85. The van der Waals surface area contributed by atoms with Crippen molar-refractivity contribution in [3.8, 4) is 6.07 Å². The van der Waals surface area contributed by atoms with E-state index < -0.39 is 0 Å². The Morgan fingerprint density at radius 2 is 2.00 bits per heavy atom. The highest BCUT2D eigenvalue weighted by molar-refractivity contribution is 4.91. The summed E-state index contributed by atoms with van der Waals surface area (Å²) in [5.74, 6) is 0. The van der Waals surface area contributed by atoms with Gasteiger partial charge in [0.05, 0.1) is 24.2 Å². The topological polar surface area (TPSA) is 33.0 Å². The van der Waals surface area contributed by atoms with E-state index in [1.807, 2.05) is 27.7 Å². The fourth-order valence-corrected chi connectivity index (χ4v) is 0.407. The van der Waals surface area contributed by atoms with Crippen molar-refractivity contribution in [1.29, 1.82) is 5.26 Å².